The minimum atomic E-state index is -4.58. The maximum atomic E-state index is 13.3. The summed E-state index contributed by atoms with van der Waals surface area (Å²) in [5.74, 6) is 0. The summed E-state index contributed by atoms with van der Waals surface area (Å²) in [7, 11) is 0. The van der Waals surface area contributed by atoms with Crippen LogP contribution in [0.3, 0.4) is 0 Å². The molecule has 0 bridgehead atoms. The molecule has 7 rings (SSSR count). The van der Waals surface area contributed by atoms with E-state index in [-0.39, 0.29) is 0 Å². The number of nitrogens with zero attached hydrogens (tertiary/aromatic N) is 6. The fourth-order valence-corrected chi connectivity index (χ4v) is 5.87. The van der Waals surface area contributed by atoms with E-state index in [1.807, 2.05) is 67.8 Å². The molecule has 0 saturated heterocycles. The Bertz CT molecular complexity index is 2490. The number of nitriles is 2. The summed E-state index contributed by atoms with van der Waals surface area (Å²) in [4.78, 5) is 16.1. The summed E-state index contributed by atoms with van der Waals surface area (Å²) in [6, 6.07) is 21.6. The molecule has 0 atom stereocenters. The molecule has 6 nitrogen and oxygen atoms in total. The molecule has 0 N–H and O–H groups in total. The van der Waals surface area contributed by atoms with E-state index < -0.39 is 11.9 Å². The molecule has 0 aliphatic rings. The lowest BCUT2D eigenvalue weighted by molar-refractivity contribution is -0.141. The number of alkyl halides is 3. The van der Waals surface area contributed by atoms with Gasteiger partial charge >= 0.3 is 6.18 Å². The lowest BCUT2D eigenvalue weighted by Gasteiger charge is -2.08. The van der Waals surface area contributed by atoms with Crippen molar-refractivity contribution in [2.45, 2.75) is 13.1 Å². The van der Waals surface area contributed by atoms with E-state index in [2.05, 4.69) is 20.0 Å². The van der Waals surface area contributed by atoms with Crippen molar-refractivity contribution in [3.05, 3.63) is 107 Å². The minimum absolute atomic E-state index is 0.345. The summed E-state index contributed by atoms with van der Waals surface area (Å²) in [5.41, 5.74) is 2.74. The van der Waals surface area contributed by atoms with E-state index in [4.69, 9.17) is 0 Å². The molecule has 0 unspecified atom stereocenters. The number of hydrogen-bond acceptors (Lipinski definition) is 6. The molecule has 7 aromatic rings. The first-order valence-corrected chi connectivity index (χ1v) is 13.2. The summed E-state index contributed by atoms with van der Waals surface area (Å²) in [6.45, 7) is 1.93. The molecule has 9 heteroatoms. The maximum absolute atomic E-state index is 13.3. The Kier molecular flexibility index (Phi) is 5.79. The molecule has 2 heterocycles. The van der Waals surface area contributed by atoms with Gasteiger partial charge in [0.25, 0.3) is 0 Å². The van der Waals surface area contributed by atoms with Gasteiger partial charge in [-0.3, -0.25) is 9.97 Å². The summed E-state index contributed by atoms with van der Waals surface area (Å²) in [5, 5.41) is 26.4. The SMILES string of the molecule is Cc1cc(-c2ccc3c(c2)/c(=N\C#N)c2cc4c(cc23)/c(=N/C#N)c2cc(-c3ccnc(C(F)(F)F)c3)ccc24)ccn1. The van der Waals surface area contributed by atoms with Gasteiger partial charge in [0.1, 0.15) is 5.69 Å². The van der Waals surface area contributed by atoms with Gasteiger partial charge in [0.15, 0.2) is 0 Å². The van der Waals surface area contributed by atoms with Crippen LogP contribution in [0.4, 0.5) is 13.2 Å². The van der Waals surface area contributed by atoms with Crippen molar-refractivity contribution >= 4 is 43.1 Å². The first-order chi connectivity index (χ1) is 20.8. The molecule has 5 aromatic carbocycles. The van der Waals surface area contributed by atoms with Gasteiger partial charge in [0, 0.05) is 39.6 Å². The van der Waals surface area contributed by atoms with Crippen LogP contribution < -0.4 is 10.7 Å². The van der Waals surface area contributed by atoms with Crippen LogP contribution >= 0.6 is 0 Å². The highest BCUT2D eigenvalue weighted by atomic mass is 19.4. The Balaban J connectivity index is 1.51. The van der Waals surface area contributed by atoms with Gasteiger partial charge in [-0.15, -0.1) is 0 Å². The molecule has 0 amide bonds. The van der Waals surface area contributed by atoms with E-state index in [1.165, 1.54) is 6.07 Å². The predicted molar refractivity (Wildman–Crippen MR) is 157 cm³/mol. The largest absolute Gasteiger partial charge is 0.433 e. The first kappa shape index (κ1) is 26.0. The van der Waals surface area contributed by atoms with Crippen LogP contribution in [0, 0.1) is 29.8 Å². The number of benzene rings is 3. The summed E-state index contributed by atoms with van der Waals surface area (Å²) < 4.78 is 40.0. The van der Waals surface area contributed by atoms with E-state index in [0.29, 0.717) is 27.2 Å². The highest BCUT2D eigenvalue weighted by molar-refractivity contribution is 6.21. The number of hydrogen-bond donors (Lipinski definition) is 0. The van der Waals surface area contributed by atoms with Crippen molar-refractivity contribution in [2.24, 2.45) is 9.98 Å². The van der Waals surface area contributed by atoms with E-state index in [0.717, 1.165) is 66.8 Å². The zero-order chi connectivity index (χ0) is 29.9. The average molecular weight is 567 g/mol. The highest BCUT2D eigenvalue weighted by Gasteiger charge is 2.32. The van der Waals surface area contributed by atoms with Crippen LogP contribution in [0.5, 0.6) is 0 Å². The molecule has 0 radical (unpaired) electrons. The van der Waals surface area contributed by atoms with E-state index in [1.54, 1.807) is 18.3 Å². The van der Waals surface area contributed by atoms with Crippen LogP contribution in [0.1, 0.15) is 11.4 Å². The van der Waals surface area contributed by atoms with Gasteiger partial charge in [-0.1, -0.05) is 24.3 Å². The Morgan fingerprint density at radius 3 is 1.51 bits per heavy atom. The van der Waals surface area contributed by atoms with Crippen molar-refractivity contribution < 1.29 is 13.2 Å². The average Bonchev–Trinajstić information content (AvgIpc) is 3.47. The first-order valence-electron chi connectivity index (χ1n) is 13.2. The number of aryl methyl sites for hydroxylation is 1. The Hall–Kier alpha value is -5.93. The molecule has 0 spiro atoms. The van der Waals surface area contributed by atoms with Crippen molar-refractivity contribution in [1.82, 2.24) is 9.97 Å². The van der Waals surface area contributed by atoms with Crippen LogP contribution in [-0.4, -0.2) is 9.97 Å². The van der Waals surface area contributed by atoms with Gasteiger partial charge < -0.3 is 0 Å². The Labute approximate surface area is 241 Å². The smallest absolute Gasteiger partial charge is 0.262 e. The van der Waals surface area contributed by atoms with E-state index in [9.17, 15) is 23.7 Å². The van der Waals surface area contributed by atoms with Gasteiger partial charge in [-0.25, -0.2) is 0 Å². The predicted octanol–water partition coefficient (Wildman–Crippen LogP) is 7.39. The normalized spacial score (nSPS) is 12.9. The van der Waals surface area contributed by atoms with E-state index >= 15 is 0 Å². The molecule has 0 aliphatic carbocycles. The van der Waals surface area contributed by atoms with Crippen molar-refractivity contribution in [3.8, 4) is 34.6 Å². The quantitative estimate of drug-likeness (QED) is 0.204. The molecular weight excluding hydrogens is 549 g/mol. The van der Waals surface area contributed by atoms with Crippen LogP contribution in [0.25, 0.3) is 65.3 Å². The van der Waals surface area contributed by atoms with Crippen molar-refractivity contribution in [1.29, 1.82) is 10.5 Å². The fourth-order valence-electron chi connectivity index (χ4n) is 5.87. The second kappa shape index (κ2) is 9.57. The minimum Gasteiger partial charge on any atom is -0.262 e. The molecule has 204 valence electrons. The van der Waals surface area contributed by atoms with Gasteiger partial charge in [-0.05, 0) is 99.3 Å². The second-order valence-corrected chi connectivity index (χ2v) is 10.2. The third kappa shape index (κ3) is 4.18. The Morgan fingerprint density at radius 2 is 1.02 bits per heavy atom. The molecule has 0 fully saturated rings. The number of aromatic nitrogens is 2. The zero-order valence-corrected chi connectivity index (χ0v) is 22.4. The van der Waals surface area contributed by atoms with Crippen LogP contribution in [-0.2, 0) is 6.18 Å². The highest BCUT2D eigenvalue weighted by Crippen LogP contribution is 2.36. The summed E-state index contributed by atoms with van der Waals surface area (Å²) >= 11 is 0. The fraction of sp³-hybridized carbons (Fsp3) is 0.0588. The topological polar surface area (TPSA) is 98.1 Å². The lowest BCUT2D eigenvalue weighted by Crippen LogP contribution is -2.07. The number of pyridine rings is 2. The molecular formula is C34H17F3N6. The Morgan fingerprint density at radius 1 is 0.558 bits per heavy atom. The van der Waals surface area contributed by atoms with Gasteiger partial charge in [-0.2, -0.15) is 33.7 Å². The number of fused-ring (bicyclic) bond motifs is 6. The number of halogens is 3. The zero-order valence-electron chi connectivity index (χ0n) is 22.4. The van der Waals surface area contributed by atoms with Gasteiger partial charge in [0.05, 0.1) is 10.7 Å². The summed E-state index contributed by atoms with van der Waals surface area (Å²) in [6.07, 6.45) is 2.13. The van der Waals surface area contributed by atoms with Crippen LogP contribution in [0.15, 0.2) is 95.2 Å². The molecule has 0 aliphatic heterocycles. The van der Waals surface area contributed by atoms with Crippen molar-refractivity contribution in [2.75, 3.05) is 0 Å². The third-order valence-corrected chi connectivity index (χ3v) is 7.73. The number of rotatable bonds is 2. The second-order valence-electron chi connectivity index (χ2n) is 10.2. The lowest BCUT2D eigenvalue weighted by atomic mass is 10.0. The van der Waals surface area contributed by atoms with Crippen molar-refractivity contribution in [3.63, 3.8) is 0 Å². The van der Waals surface area contributed by atoms with Gasteiger partial charge in [0.2, 0.25) is 12.4 Å². The maximum Gasteiger partial charge on any atom is 0.433 e. The van der Waals surface area contributed by atoms with Crippen LogP contribution in [0.2, 0.25) is 0 Å². The third-order valence-electron chi connectivity index (χ3n) is 7.73. The monoisotopic (exact) mass is 566 g/mol. The molecule has 43 heavy (non-hydrogen) atoms. The standard InChI is InChI=1S/C34H17F3N6/c1-18-10-21(6-8-40-18)19-2-4-23-25-14-30-26(15-29(25)32(42-16-38)27(23)11-19)24-5-3-20(12-28(24)33(30)43-17-39)22-7-9-41-31(13-22)34(35,36)37/h2-15H,1H3/b42-32+,43-33+. The molecule has 0 saturated carbocycles. The molecule has 2 aromatic heterocycles.